The summed E-state index contributed by atoms with van der Waals surface area (Å²) in [4.78, 5) is 22.3. The van der Waals surface area contributed by atoms with E-state index in [2.05, 4.69) is 10.1 Å². The molecule has 0 aliphatic rings. The molecule has 166 valence electrons. The fourth-order valence-corrected chi connectivity index (χ4v) is 4.22. The Kier molecular flexibility index (Phi) is 5.95. The van der Waals surface area contributed by atoms with E-state index in [4.69, 9.17) is 18.7 Å². The van der Waals surface area contributed by atoms with Gasteiger partial charge in [-0.05, 0) is 55.5 Å². The second-order valence-corrected chi connectivity index (χ2v) is 8.08. The molecule has 5 aromatic rings. The van der Waals surface area contributed by atoms with Crippen molar-refractivity contribution in [2.24, 2.45) is 0 Å². The molecule has 0 unspecified atom stereocenters. The van der Waals surface area contributed by atoms with Crippen molar-refractivity contribution in [3.05, 3.63) is 88.9 Å². The van der Waals surface area contributed by atoms with Crippen molar-refractivity contribution in [3.8, 4) is 17.1 Å². The summed E-state index contributed by atoms with van der Waals surface area (Å²) in [6.45, 7) is 2.83. The Morgan fingerprint density at radius 2 is 1.88 bits per heavy atom. The van der Waals surface area contributed by atoms with Crippen LogP contribution in [0, 0.1) is 0 Å². The van der Waals surface area contributed by atoms with Crippen molar-refractivity contribution >= 4 is 22.7 Å². The Morgan fingerprint density at radius 1 is 1.03 bits per heavy atom. The fraction of sp³-hybridized carbons (Fsp3) is 0.167. The highest BCUT2D eigenvalue weighted by Crippen LogP contribution is 2.25. The third kappa shape index (κ3) is 4.54. The van der Waals surface area contributed by atoms with E-state index in [-0.39, 0.29) is 12.1 Å². The summed E-state index contributed by atoms with van der Waals surface area (Å²) in [6.07, 6.45) is 1.59. The molecule has 9 heteroatoms. The van der Waals surface area contributed by atoms with Gasteiger partial charge in [-0.25, -0.2) is 4.98 Å². The van der Waals surface area contributed by atoms with Gasteiger partial charge >= 0.3 is 0 Å². The molecule has 0 aliphatic carbocycles. The summed E-state index contributed by atoms with van der Waals surface area (Å²) in [5.74, 6) is 2.76. The number of benzene rings is 2. The molecule has 2 aromatic carbocycles. The lowest BCUT2D eigenvalue weighted by molar-refractivity contribution is 0.340. The molecule has 0 atom stereocenters. The lowest BCUT2D eigenvalue weighted by atomic mass is 10.2. The van der Waals surface area contributed by atoms with Crippen molar-refractivity contribution in [2.75, 3.05) is 6.61 Å². The number of thioether (sulfide) groups is 1. The number of hydrogen-bond donors (Lipinski definition) is 0. The number of nitrogens with zero attached hydrogens (tertiary/aromatic N) is 4. The predicted molar refractivity (Wildman–Crippen MR) is 124 cm³/mol. The van der Waals surface area contributed by atoms with Gasteiger partial charge in [-0.1, -0.05) is 29.1 Å². The molecule has 3 heterocycles. The second-order valence-electron chi connectivity index (χ2n) is 7.14. The molecule has 0 N–H and O–H groups in total. The predicted octanol–water partition coefficient (Wildman–Crippen LogP) is 4.78. The Balaban J connectivity index is 1.40. The van der Waals surface area contributed by atoms with E-state index in [1.54, 1.807) is 23.0 Å². The first-order chi connectivity index (χ1) is 16.2. The summed E-state index contributed by atoms with van der Waals surface area (Å²) in [7, 11) is 0. The SMILES string of the molecule is CCOc1ccc(-c2noc(CSc3nc4ccccc4c(=O)n3Cc3ccco3)n2)cc1. The fourth-order valence-electron chi connectivity index (χ4n) is 3.38. The quantitative estimate of drug-likeness (QED) is 0.241. The third-order valence-electron chi connectivity index (χ3n) is 4.94. The molecular formula is C24H20N4O4S. The molecule has 0 radical (unpaired) electrons. The Bertz CT molecular complexity index is 1430. The van der Waals surface area contributed by atoms with Gasteiger partial charge in [0.2, 0.25) is 11.7 Å². The third-order valence-corrected chi connectivity index (χ3v) is 5.90. The highest BCUT2D eigenvalue weighted by molar-refractivity contribution is 7.98. The molecule has 8 nitrogen and oxygen atoms in total. The largest absolute Gasteiger partial charge is 0.494 e. The van der Waals surface area contributed by atoms with Crippen molar-refractivity contribution in [2.45, 2.75) is 24.4 Å². The number of hydrogen-bond acceptors (Lipinski definition) is 8. The van der Waals surface area contributed by atoms with Crippen LogP contribution in [0.5, 0.6) is 5.75 Å². The summed E-state index contributed by atoms with van der Waals surface area (Å²) in [5.41, 5.74) is 1.35. The Morgan fingerprint density at radius 3 is 2.67 bits per heavy atom. The molecule has 0 aliphatic heterocycles. The van der Waals surface area contributed by atoms with Gasteiger partial charge in [0.25, 0.3) is 5.56 Å². The number of ether oxygens (including phenoxy) is 1. The average molecular weight is 461 g/mol. The minimum Gasteiger partial charge on any atom is -0.494 e. The molecule has 0 bridgehead atoms. The first-order valence-electron chi connectivity index (χ1n) is 10.4. The molecule has 5 rings (SSSR count). The minimum absolute atomic E-state index is 0.125. The van der Waals surface area contributed by atoms with E-state index in [9.17, 15) is 4.79 Å². The first kappa shape index (κ1) is 21.0. The standard InChI is InChI=1S/C24H20N4O4S/c1-2-30-17-11-9-16(10-12-17)22-26-21(32-27-22)15-33-24-25-20-8-4-3-7-19(20)23(29)28(24)14-18-6-5-13-31-18/h3-13H,2,14-15H2,1H3. The van der Waals surface area contributed by atoms with Crippen LogP contribution in [-0.2, 0) is 12.3 Å². The maximum atomic E-state index is 13.2. The molecule has 0 spiro atoms. The Labute approximate surface area is 193 Å². The lowest BCUT2D eigenvalue weighted by Gasteiger charge is -2.11. The van der Waals surface area contributed by atoms with Gasteiger partial charge in [-0.2, -0.15) is 4.98 Å². The maximum Gasteiger partial charge on any atom is 0.262 e. The van der Waals surface area contributed by atoms with Crippen LogP contribution in [0.15, 0.2) is 85.8 Å². The lowest BCUT2D eigenvalue weighted by Crippen LogP contribution is -2.23. The van der Waals surface area contributed by atoms with Crippen LogP contribution in [0.2, 0.25) is 0 Å². The zero-order valence-electron chi connectivity index (χ0n) is 17.8. The molecule has 0 saturated carbocycles. The Hall–Kier alpha value is -3.85. The van der Waals surface area contributed by atoms with E-state index in [1.807, 2.05) is 55.5 Å². The van der Waals surface area contributed by atoms with Crippen molar-refractivity contribution in [3.63, 3.8) is 0 Å². The van der Waals surface area contributed by atoms with Gasteiger partial charge in [0, 0.05) is 5.56 Å². The highest BCUT2D eigenvalue weighted by atomic mass is 32.2. The van der Waals surface area contributed by atoms with Crippen molar-refractivity contribution in [1.82, 2.24) is 19.7 Å². The van der Waals surface area contributed by atoms with E-state index in [0.717, 1.165) is 11.3 Å². The summed E-state index contributed by atoms with van der Waals surface area (Å²) in [5, 5.41) is 5.19. The number of para-hydroxylation sites is 1. The molecule has 33 heavy (non-hydrogen) atoms. The van der Waals surface area contributed by atoms with E-state index in [1.165, 1.54) is 11.8 Å². The average Bonchev–Trinajstić information content (AvgIpc) is 3.53. The number of rotatable bonds is 8. The van der Waals surface area contributed by atoms with Gasteiger partial charge in [-0.3, -0.25) is 9.36 Å². The highest BCUT2D eigenvalue weighted by Gasteiger charge is 2.15. The number of aromatic nitrogens is 4. The van der Waals surface area contributed by atoms with Crippen LogP contribution in [-0.4, -0.2) is 26.3 Å². The zero-order valence-corrected chi connectivity index (χ0v) is 18.6. The molecule has 0 saturated heterocycles. The molecule has 0 amide bonds. The van der Waals surface area contributed by atoms with Gasteiger partial charge in [0.05, 0.1) is 36.1 Å². The van der Waals surface area contributed by atoms with E-state index in [0.29, 0.717) is 45.9 Å². The van der Waals surface area contributed by atoms with Gasteiger partial charge < -0.3 is 13.7 Å². The second kappa shape index (κ2) is 9.33. The normalized spacial score (nSPS) is 11.2. The number of fused-ring (bicyclic) bond motifs is 1. The van der Waals surface area contributed by atoms with Crippen LogP contribution in [0.1, 0.15) is 18.6 Å². The van der Waals surface area contributed by atoms with Crippen LogP contribution in [0.3, 0.4) is 0 Å². The van der Waals surface area contributed by atoms with Crippen LogP contribution >= 0.6 is 11.8 Å². The summed E-state index contributed by atoms with van der Waals surface area (Å²) in [6, 6.07) is 18.4. The summed E-state index contributed by atoms with van der Waals surface area (Å²) >= 11 is 1.36. The molecule has 0 fully saturated rings. The minimum atomic E-state index is -0.125. The van der Waals surface area contributed by atoms with Crippen molar-refractivity contribution < 1.29 is 13.7 Å². The smallest absolute Gasteiger partial charge is 0.262 e. The van der Waals surface area contributed by atoms with Crippen LogP contribution < -0.4 is 10.3 Å². The zero-order chi connectivity index (χ0) is 22.6. The van der Waals surface area contributed by atoms with E-state index < -0.39 is 0 Å². The first-order valence-corrected chi connectivity index (χ1v) is 11.4. The van der Waals surface area contributed by atoms with Crippen molar-refractivity contribution in [1.29, 1.82) is 0 Å². The van der Waals surface area contributed by atoms with Crippen LogP contribution in [0.25, 0.3) is 22.3 Å². The number of furan rings is 1. The monoisotopic (exact) mass is 460 g/mol. The van der Waals surface area contributed by atoms with E-state index >= 15 is 0 Å². The van der Waals surface area contributed by atoms with Crippen LogP contribution in [0.4, 0.5) is 0 Å². The van der Waals surface area contributed by atoms with Gasteiger partial charge in [-0.15, -0.1) is 0 Å². The van der Waals surface area contributed by atoms with Gasteiger partial charge in [0.1, 0.15) is 11.5 Å². The molecule has 3 aromatic heterocycles. The maximum absolute atomic E-state index is 13.2. The topological polar surface area (TPSA) is 96.2 Å². The van der Waals surface area contributed by atoms with Gasteiger partial charge in [0.15, 0.2) is 5.16 Å². The summed E-state index contributed by atoms with van der Waals surface area (Å²) < 4.78 is 18.0. The molecular weight excluding hydrogens is 440 g/mol.